The normalized spacial score (nSPS) is 12.2. The molecule has 0 bridgehead atoms. The van der Waals surface area contributed by atoms with Crippen LogP contribution in [0.25, 0.3) is 0 Å². The number of nitrogens with two attached hydrogens (primary N) is 1. The summed E-state index contributed by atoms with van der Waals surface area (Å²) in [6.07, 6.45) is 0. The maximum Gasteiger partial charge on any atom is 0.239 e. The van der Waals surface area contributed by atoms with Crippen LogP contribution in [0.2, 0.25) is 0 Å². The fourth-order valence-corrected chi connectivity index (χ4v) is 2.62. The number of nitrogens with zero attached hydrogens (tertiary/aromatic N) is 2. The van der Waals surface area contributed by atoms with Gasteiger partial charge in [0.2, 0.25) is 5.91 Å². The third-order valence-electron chi connectivity index (χ3n) is 3.73. The molecule has 0 heterocycles. The van der Waals surface area contributed by atoms with Crippen LogP contribution < -0.4 is 10.6 Å². The number of likely N-dealkylation sites (N-methyl/N-ethyl adjacent to an activating group) is 1. The Morgan fingerprint density at radius 3 is 2.43 bits per heavy atom. The Morgan fingerprint density at radius 2 is 1.83 bits per heavy atom. The van der Waals surface area contributed by atoms with Gasteiger partial charge in [-0.05, 0) is 42.4 Å². The molecule has 0 aliphatic rings. The standard InChI is InChI=1S/C18H22FN3O/c1-21(2)16-9-4-6-13(10-16)12-22(3)17(18(20)23)14-7-5-8-15(19)11-14/h4-11,17H,12H2,1-3H3,(H2,20,23). The van der Waals surface area contributed by atoms with Crippen LogP contribution in [0.1, 0.15) is 17.2 Å². The maximum absolute atomic E-state index is 13.4. The highest BCUT2D eigenvalue weighted by molar-refractivity contribution is 5.81. The first-order valence-corrected chi connectivity index (χ1v) is 7.40. The minimum absolute atomic E-state index is 0.378. The molecular weight excluding hydrogens is 293 g/mol. The van der Waals surface area contributed by atoms with Crippen LogP contribution in [-0.4, -0.2) is 32.0 Å². The summed E-state index contributed by atoms with van der Waals surface area (Å²) in [7, 11) is 5.76. The quantitative estimate of drug-likeness (QED) is 0.891. The summed E-state index contributed by atoms with van der Waals surface area (Å²) in [6.45, 7) is 0.534. The number of hydrogen-bond acceptors (Lipinski definition) is 3. The number of halogens is 1. The molecule has 0 aliphatic carbocycles. The van der Waals surface area contributed by atoms with Gasteiger partial charge < -0.3 is 10.6 Å². The lowest BCUT2D eigenvalue weighted by Gasteiger charge is -2.26. The zero-order chi connectivity index (χ0) is 17.0. The maximum atomic E-state index is 13.4. The van der Waals surface area contributed by atoms with Gasteiger partial charge in [0, 0.05) is 26.3 Å². The minimum Gasteiger partial charge on any atom is -0.378 e. The summed E-state index contributed by atoms with van der Waals surface area (Å²) in [6, 6.07) is 13.4. The van der Waals surface area contributed by atoms with E-state index in [4.69, 9.17) is 5.73 Å². The zero-order valence-corrected chi connectivity index (χ0v) is 13.7. The summed E-state index contributed by atoms with van der Waals surface area (Å²) in [5.74, 6) is -0.876. The van der Waals surface area contributed by atoms with Crippen molar-refractivity contribution < 1.29 is 9.18 Å². The van der Waals surface area contributed by atoms with Gasteiger partial charge >= 0.3 is 0 Å². The Bertz CT molecular complexity index is 687. The lowest BCUT2D eigenvalue weighted by molar-refractivity contribution is -0.123. The summed E-state index contributed by atoms with van der Waals surface area (Å²) in [5, 5.41) is 0. The van der Waals surface area contributed by atoms with E-state index in [9.17, 15) is 9.18 Å². The van der Waals surface area contributed by atoms with Crippen LogP contribution in [0.4, 0.5) is 10.1 Å². The third-order valence-corrected chi connectivity index (χ3v) is 3.73. The third kappa shape index (κ3) is 4.29. The fraction of sp³-hybridized carbons (Fsp3) is 0.278. The molecule has 0 saturated heterocycles. The molecule has 0 saturated carbocycles. The predicted octanol–water partition coefficient (Wildman–Crippen LogP) is 2.55. The van der Waals surface area contributed by atoms with Gasteiger partial charge in [-0.15, -0.1) is 0 Å². The Hall–Kier alpha value is -2.40. The highest BCUT2D eigenvalue weighted by Gasteiger charge is 2.23. The highest BCUT2D eigenvalue weighted by atomic mass is 19.1. The van der Waals surface area contributed by atoms with Crippen LogP contribution in [0.15, 0.2) is 48.5 Å². The van der Waals surface area contributed by atoms with Crippen LogP contribution in [0.3, 0.4) is 0 Å². The second-order valence-electron chi connectivity index (χ2n) is 5.84. The fourth-order valence-electron chi connectivity index (χ4n) is 2.62. The molecular formula is C18H22FN3O. The van der Waals surface area contributed by atoms with Gasteiger partial charge in [0.15, 0.2) is 0 Å². The minimum atomic E-state index is -0.672. The molecule has 0 fully saturated rings. The lowest BCUT2D eigenvalue weighted by atomic mass is 10.0. The lowest BCUT2D eigenvalue weighted by Crippen LogP contribution is -2.35. The van der Waals surface area contributed by atoms with Crippen molar-refractivity contribution in [1.29, 1.82) is 0 Å². The number of carbonyl (C=O) groups is 1. The zero-order valence-electron chi connectivity index (χ0n) is 13.7. The van der Waals surface area contributed by atoms with E-state index in [-0.39, 0.29) is 5.82 Å². The Balaban J connectivity index is 2.24. The second kappa shape index (κ2) is 7.24. The first kappa shape index (κ1) is 17.0. The summed E-state index contributed by atoms with van der Waals surface area (Å²) in [5.41, 5.74) is 8.24. The topological polar surface area (TPSA) is 49.6 Å². The molecule has 0 spiro atoms. The molecule has 2 aromatic rings. The van der Waals surface area contributed by atoms with Gasteiger partial charge in [0.25, 0.3) is 0 Å². The number of primary amides is 1. The molecule has 122 valence electrons. The van der Waals surface area contributed by atoms with Crippen molar-refractivity contribution in [2.45, 2.75) is 12.6 Å². The van der Waals surface area contributed by atoms with E-state index in [1.54, 1.807) is 12.1 Å². The monoisotopic (exact) mass is 315 g/mol. The Morgan fingerprint density at radius 1 is 1.13 bits per heavy atom. The van der Waals surface area contributed by atoms with Gasteiger partial charge in [0.1, 0.15) is 11.9 Å². The summed E-state index contributed by atoms with van der Waals surface area (Å²) >= 11 is 0. The van der Waals surface area contributed by atoms with Crippen LogP contribution in [0.5, 0.6) is 0 Å². The number of amides is 1. The number of rotatable bonds is 6. The van der Waals surface area contributed by atoms with Gasteiger partial charge in [-0.2, -0.15) is 0 Å². The molecule has 23 heavy (non-hydrogen) atoms. The van der Waals surface area contributed by atoms with E-state index in [1.807, 2.05) is 49.1 Å². The molecule has 5 heteroatoms. The van der Waals surface area contributed by atoms with E-state index in [1.165, 1.54) is 12.1 Å². The molecule has 2 rings (SSSR count). The van der Waals surface area contributed by atoms with E-state index < -0.39 is 11.9 Å². The van der Waals surface area contributed by atoms with E-state index >= 15 is 0 Å². The molecule has 1 amide bonds. The number of benzene rings is 2. The molecule has 4 nitrogen and oxygen atoms in total. The average molecular weight is 315 g/mol. The van der Waals surface area contributed by atoms with Gasteiger partial charge in [-0.3, -0.25) is 9.69 Å². The first-order valence-electron chi connectivity index (χ1n) is 7.40. The van der Waals surface area contributed by atoms with Crippen molar-refractivity contribution in [3.05, 3.63) is 65.5 Å². The summed E-state index contributed by atoms with van der Waals surface area (Å²) in [4.78, 5) is 15.7. The predicted molar refractivity (Wildman–Crippen MR) is 90.6 cm³/mol. The average Bonchev–Trinajstić information content (AvgIpc) is 2.47. The van der Waals surface area contributed by atoms with Crippen molar-refractivity contribution in [2.75, 3.05) is 26.0 Å². The van der Waals surface area contributed by atoms with Crippen LogP contribution >= 0.6 is 0 Å². The Kier molecular flexibility index (Phi) is 5.34. The molecule has 2 N–H and O–H groups in total. The molecule has 1 atom stereocenters. The molecule has 0 aliphatic heterocycles. The van der Waals surface area contributed by atoms with Crippen molar-refractivity contribution >= 4 is 11.6 Å². The van der Waals surface area contributed by atoms with Crippen LogP contribution in [-0.2, 0) is 11.3 Å². The highest BCUT2D eigenvalue weighted by Crippen LogP contribution is 2.23. The molecule has 1 unspecified atom stereocenters. The van der Waals surface area contributed by atoms with Gasteiger partial charge in [0.05, 0.1) is 0 Å². The molecule has 2 aromatic carbocycles. The van der Waals surface area contributed by atoms with Crippen molar-refractivity contribution in [3.63, 3.8) is 0 Å². The number of carbonyl (C=O) groups excluding carboxylic acids is 1. The summed E-state index contributed by atoms with van der Waals surface area (Å²) < 4.78 is 13.4. The van der Waals surface area contributed by atoms with Crippen molar-refractivity contribution in [1.82, 2.24) is 4.90 Å². The number of anilines is 1. The molecule has 0 aromatic heterocycles. The van der Waals surface area contributed by atoms with Crippen LogP contribution in [0, 0.1) is 5.82 Å². The van der Waals surface area contributed by atoms with E-state index in [0.29, 0.717) is 12.1 Å². The van der Waals surface area contributed by atoms with Crippen molar-refractivity contribution in [2.24, 2.45) is 5.73 Å². The van der Waals surface area contributed by atoms with Gasteiger partial charge in [-0.25, -0.2) is 4.39 Å². The largest absolute Gasteiger partial charge is 0.378 e. The number of hydrogen-bond donors (Lipinski definition) is 1. The van der Waals surface area contributed by atoms with E-state index in [0.717, 1.165) is 11.3 Å². The first-order chi connectivity index (χ1) is 10.9. The second-order valence-corrected chi connectivity index (χ2v) is 5.84. The van der Waals surface area contributed by atoms with Gasteiger partial charge in [-0.1, -0.05) is 24.3 Å². The molecule has 0 radical (unpaired) electrons. The van der Waals surface area contributed by atoms with E-state index in [2.05, 4.69) is 6.07 Å². The smallest absolute Gasteiger partial charge is 0.239 e. The van der Waals surface area contributed by atoms with Crippen molar-refractivity contribution in [3.8, 4) is 0 Å². The Labute approximate surface area is 136 Å². The SMILES string of the molecule is CN(C)c1cccc(CN(C)C(C(N)=O)c2cccc(F)c2)c1.